The first-order chi connectivity index (χ1) is 10.7. The summed E-state index contributed by atoms with van der Waals surface area (Å²) in [6, 6.07) is 11.2. The number of benzene rings is 1. The van der Waals surface area contributed by atoms with E-state index in [1.807, 2.05) is 30.3 Å². The summed E-state index contributed by atoms with van der Waals surface area (Å²) in [4.78, 5) is 12.2. The number of nitrogens with two attached hydrogens (primary N) is 1. The van der Waals surface area contributed by atoms with Gasteiger partial charge in [0.15, 0.2) is 5.76 Å². The van der Waals surface area contributed by atoms with E-state index in [4.69, 9.17) is 14.9 Å². The van der Waals surface area contributed by atoms with Crippen LogP contribution in [0.1, 0.15) is 29.0 Å². The maximum atomic E-state index is 12.2. The van der Waals surface area contributed by atoms with Crippen LogP contribution in [0, 0.1) is 5.92 Å². The summed E-state index contributed by atoms with van der Waals surface area (Å²) in [5.41, 5.74) is 6.71. The van der Waals surface area contributed by atoms with Crippen LogP contribution in [-0.4, -0.2) is 18.5 Å². The number of carbonyl (C=O) groups is 1. The van der Waals surface area contributed by atoms with Gasteiger partial charge in [-0.2, -0.15) is 0 Å². The van der Waals surface area contributed by atoms with Crippen LogP contribution in [-0.2, 0) is 6.61 Å². The molecule has 0 aliphatic heterocycles. The van der Waals surface area contributed by atoms with Crippen molar-refractivity contribution in [1.29, 1.82) is 0 Å². The van der Waals surface area contributed by atoms with Crippen molar-refractivity contribution in [3.63, 3.8) is 0 Å². The molecule has 22 heavy (non-hydrogen) atoms. The minimum absolute atomic E-state index is 0.0305. The maximum absolute atomic E-state index is 12.2. The fraction of sp³-hybridized carbons (Fsp3) is 0.353. The number of hydrogen-bond donors (Lipinski definition) is 2. The molecule has 1 fully saturated rings. The summed E-state index contributed by atoms with van der Waals surface area (Å²) < 4.78 is 10.9. The quantitative estimate of drug-likeness (QED) is 0.822. The molecule has 1 aliphatic rings. The Hall–Kier alpha value is -2.27. The average molecular weight is 300 g/mol. The van der Waals surface area contributed by atoms with Gasteiger partial charge in [0.1, 0.15) is 12.4 Å². The standard InChI is InChI=1S/C17H20N2O3/c18-15(12-6-7-12)10-19-17(20)16-13(8-9-21-16)11-22-14-4-2-1-3-5-14/h1-5,8-9,12,15H,6-7,10-11,18H2,(H,19,20). The van der Waals surface area contributed by atoms with Gasteiger partial charge in [-0.25, -0.2) is 0 Å². The zero-order valence-electron chi connectivity index (χ0n) is 12.3. The predicted molar refractivity (Wildman–Crippen MR) is 82.5 cm³/mol. The molecule has 0 spiro atoms. The molecule has 3 N–H and O–H groups in total. The van der Waals surface area contributed by atoms with E-state index in [0.29, 0.717) is 18.2 Å². The van der Waals surface area contributed by atoms with E-state index in [1.165, 1.54) is 6.26 Å². The molecule has 1 aromatic carbocycles. The van der Waals surface area contributed by atoms with Crippen molar-refractivity contribution in [2.75, 3.05) is 6.54 Å². The number of rotatable bonds is 7. The van der Waals surface area contributed by atoms with Gasteiger partial charge >= 0.3 is 0 Å². The highest BCUT2D eigenvalue weighted by atomic mass is 16.5. The van der Waals surface area contributed by atoms with Crippen LogP contribution in [0.15, 0.2) is 47.1 Å². The third-order valence-electron chi connectivity index (χ3n) is 3.82. The van der Waals surface area contributed by atoms with Gasteiger partial charge in [0, 0.05) is 18.2 Å². The second-order valence-corrected chi connectivity index (χ2v) is 5.59. The van der Waals surface area contributed by atoms with Crippen molar-refractivity contribution < 1.29 is 13.9 Å². The van der Waals surface area contributed by atoms with Crippen LogP contribution in [0.3, 0.4) is 0 Å². The molecule has 1 amide bonds. The third kappa shape index (κ3) is 3.68. The molecular weight excluding hydrogens is 280 g/mol. The van der Waals surface area contributed by atoms with E-state index in [9.17, 15) is 4.79 Å². The van der Waals surface area contributed by atoms with Gasteiger partial charge in [0.25, 0.3) is 5.91 Å². The van der Waals surface area contributed by atoms with Gasteiger partial charge in [0.05, 0.1) is 6.26 Å². The summed E-state index contributed by atoms with van der Waals surface area (Å²) in [5, 5.41) is 2.83. The van der Waals surface area contributed by atoms with Crippen LogP contribution in [0.4, 0.5) is 0 Å². The molecule has 5 heteroatoms. The molecule has 0 saturated heterocycles. The maximum Gasteiger partial charge on any atom is 0.287 e. The molecule has 116 valence electrons. The van der Waals surface area contributed by atoms with Crippen molar-refractivity contribution in [3.8, 4) is 5.75 Å². The molecule has 1 atom stereocenters. The smallest absolute Gasteiger partial charge is 0.287 e. The van der Waals surface area contributed by atoms with Crippen molar-refractivity contribution in [2.24, 2.45) is 11.7 Å². The number of hydrogen-bond acceptors (Lipinski definition) is 4. The minimum Gasteiger partial charge on any atom is -0.489 e. The van der Waals surface area contributed by atoms with Crippen molar-refractivity contribution in [2.45, 2.75) is 25.5 Å². The average Bonchev–Trinajstić information content (AvgIpc) is 3.30. The third-order valence-corrected chi connectivity index (χ3v) is 3.82. The first-order valence-corrected chi connectivity index (χ1v) is 7.52. The van der Waals surface area contributed by atoms with E-state index < -0.39 is 0 Å². The number of ether oxygens (including phenoxy) is 1. The van der Waals surface area contributed by atoms with Gasteiger partial charge in [0.2, 0.25) is 0 Å². The van der Waals surface area contributed by atoms with Crippen LogP contribution in [0.25, 0.3) is 0 Å². The first kappa shape index (κ1) is 14.7. The van der Waals surface area contributed by atoms with Crippen LogP contribution in [0.5, 0.6) is 5.75 Å². The summed E-state index contributed by atoms with van der Waals surface area (Å²) in [7, 11) is 0. The number of para-hydroxylation sites is 1. The SMILES string of the molecule is NC(CNC(=O)c1occc1COc1ccccc1)C1CC1. The van der Waals surface area contributed by atoms with Crippen LogP contribution < -0.4 is 15.8 Å². The van der Waals surface area contributed by atoms with Gasteiger partial charge in [-0.05, 0) is 37.0 Å². The minimum atomic E-state index is -0.243. The zero-order valence-corrected chi connectivity index (χ0v) is 12.3. The first-order valence-electron chi connectivity index (χ1n) is 7.52. The Morgan fingerprint density at radius 2 is 2.09 bits per heavy atom. The Kier molecular flexibility index (Phi) is 4.44. The molecule has 3 rings (SSSR count). The Morgan fingerprint density at radius 1 is 1.32 bits per heavy atom. The molecule has 0 radical (unpaired) electrons. The van der Waals surface area contributed by atoms with Gasteiger partial charge in [-0.15, -0.1) is 0 Å². The highest BCUT2D eigenvalue weighted by molar-refractivity contribution is 5.92. The summed E-state index contributed by atoms with van der Waals surface area (Å²) in [6.45, 7) is 0.765. The van der Waals surface area contributed by atoms with Crippen molar-refractivity contribution >= 4 is 5.91 Å². The number of furan rings is 1. The molecule has 1 heterocycles. The summed E-state index contributed by atoms with van der Waals surface area (Å²) >= 11 is 0. The Bertz CT molecular complexity index is 620. The van der Waals surface area contributed by atoms with Crippen molar-refractivity contribution in [3.05, 3.63) is 54.0 Å². The van der Waals surface area contributed by atoms with E-state index in [-0.39, 0.29) is 18.6 Å². The normalized spacial score (nSPS) is 15.3. The second kappa shape index (κ2) is 6.66. The summed E-state index contributed by atoms with van der Waals surface area (Å²) in [5.74, 6) is 1.36. The molecule has 0 bridgehead atoms. The highest BCUT2D eigenvalue weighted by Crippen LogP contribution is 2.31. The predicted octanol–water partition coefficient (Wildman–Crippen LogP) is 2.33. The monoisotopic (exact) mass is 300 g/mol. The van der Waals surface area contributed by atoms with E-state index in [2.05, 4.69) is 5.32 Å². The van der Waals surface area contributed by atoms with Crippen LogP contribution in [0.2, 0.25) is 0 Å². The highest BCUT2D eigenvalue weighted by Gasteiger charge is 2.29. The van der Waals surface area contributed by atoms with E-state index in [1.54, 1.807) is 6.07 Å². The molecule has 1 aliphatic carbocycles. The molecule has 1 unspecified atom stereocenters. The van der Waals surface area contributed by atoms with Gasteiger partial charge in [-0.3, -0.25) is 4.79 Å². The van der Waals surface area contributed by atoms with Crippen molar-refractivity contribution in [1.82, 2.24) is 5.32 Å². The lowest BCUT2D eigenvalue weighted by Crippen LogP contribution is -2.38. The van der Waals surface area contributed by atoms with Gasteiger partial charge in [-0.1, -0.05) is 18.2 Å². The fourth-order valence-corrected chi connectivity index (χ4v) is 2.31. The van der Waals surface area contributed by atoms with Gasteiger partial charge < -0.3 is 20.2 Å². The molecule has 2 aromatic rings. The molecule has 1 aromatic heterocycles. The van der Waals surface area contributed by atoms with E-state index >= 15 is 0 Å². The number of nitrogens with one attached hydrogen (secondary N) is 1. The fourth-order valence-electron chi connectivity index (χ4n) is 2.31. The lowest BCUT2D eigenvalue weighted by atomic mass is 10.2. The topological polar surface area (TPSA) is 77.5 Å². The largest absolute Gasteiger partial charge is 0.489 e. The molecule has 5 nitrogen and oxygen atoms in total. The molecule has 1 saturated carbocycles. The summed E-state index contributed by atoms with van der Waals surface area (Å²) in [6.07, 6.45) is 3.82. The Morgan fingerprint density at radius 3 is 2.82 bits per heavy atom. The Labute approximate surface area is 129 Å². The lowest BCUT2D eigenvalue weighted by molar-refractivity contribution is 0.0919. The van der Waals surface area contributed by atoms with E-state index in [0.717, 1.165) is 24.2 Å². The second-order valence-electron chi connectivity index (χ2n) is 5.59. The Balaban J connectivity index is 1.55. The molecular formula is C17H20N2O3. The number of carbonyl (C=O) groups excluding carboxylic acids is 1. The lowest BCUT2D eigenvalue weighted by Gasteiger charge is -2.11. The number of amides is 1. The van der Waals surface area contributed by atoms with Crippen LogP contribution >= 0.6 is 0 Å². The zero-order chi connectivity index (χ0) is 15.4.